The van der Waals surface area contributed by atoms with E-state index in [2.05, 4.69) is 4.74 Å². The van der Waals surface area contributed by atoms with Gasteiger partial charge in [0.2, 0.25) is 0 Å². The molecule has 0 fully saturated rings. The Morgan fingerprint density at radius 2 is 1.86 bits per heavy atom. The van der Waals surface area contributed by atoms with Crippen molar-refractivity contribution in [3.8, 4) is 0 Å². The normalized spacial score (nSPS) is 10.0. The van der Waals surface area contributed by atoms with E-state index in [4.69, 9.17) is 23.2 Å². The van der Waals surface area contributed by atoms with E-state index in [9.17, 15) is 4.79 Å². The number of hydrogen-bond acceptors (Lipinski definition) is 2. The van der Waals surface area contributed by atoms with Gasteiger partial charge in [0.05, 0.1) is 13.5 Å². The third-order valence-corrected chi connectivity index (χ3v) is 2.70. The number of hydrogen-bond donors (Lipinski definition) is 0. The highest BCUT2D eigenvalue weighted by molar-refractivity contribution is 6.36. The van der Waals surface area contributed by atoms with Gasteiger partial charge in [-0.15, -0.1) is 0 Å². The molecule has 1 aromatic carbocycles. The third-order valence-electron chi connectivity index (χ3n) is 1.92. The molecule has 0 bridgehead atoms. The Labute approximate surface area is 92.8 Å². The quantitative estimate of drug-likeness (QED) is 0.734. The number of carbonyl (C=O) groups excluding carboxylic acids is 1. The molecule has 2 nitrogen and oxygen atoms in total. The van der Waals surface area contributed by atoms with Crippen LogP contribution in [0.4, 0.5) is 0 Å². The molecule has 0 N–H and O–H groups in total. The highest BCUT2D eigenvalue weighted by Crippen LogP contribution is 2.25. The first-order chi connectivity index (χ1) is 6.54. The molecule has 0 unspecified atom stereocenters. The van der Waals surface area contributed by atoms with Gasteiger partial charge in [-0.05, 0) is 30.2 Å². The van der Waals surface area contributed by atoms with Crippen molar-refractivity contribution in [2.45, 2.75) is 13.3 Å². The summed E-state index contributed by atoms with van der Waals surface area (Å²) in [5.74, 6) is -0.305. The minimum atomic E-state index is -0.305. The van der Waals surface area contributed by atoms with Gasteiger partial charge in [0, 0.05) is 10.0 Å². The van der Waals surface area contributed by atoms with Crippen molar-refractivity contribution in [3.05, 3.63) is 33.3 Å². The van der Waals surface area contributed by atoms with E-state index in [0.29, 0.717) is 10.0 Å². The Balaban J connectivity index is 2.95. The van der Waals surface area contributed by atoms with Crippen molar-refractivity contribution in [1.82, 2.24) is 0 Å². The van der Waals surface area contributed by atoms with Gasteiger partial charge in [0.1, 0.15) is 0 Å². The van der Waals surface area contributed by atoms with Crippen LogP contribution in [0.2, 0.25) is 10.0 Å². The molecule has 0 aliphatic rings. The minimum absolute atomic E-state index is 0.191. The van der Waals surface area contributed by atoms with E-state index >= 15 is 0 Å². The fourth-order valence-corrected chi connectivity index (χ4v) is 1.57. The van der Waals surface area contributed by atoms with Crippen molar-refractivity contribution in [2.24, 2.45) is 0 Å². The van der Waals surface area contributed by atoms with E-state index in [1.807, 2.05) is 6.92 Å². The summed E-state index contributed by atoms with van der Waals surface area (Å²) in [6, 6.07) is 3.44. The van der Waals surface area contributed by atoms with Crippen LogP contribution in [0.25, 0.3) is 0 Å². The molecule has 0 aliphatic heterocycles. The Kier molecular flexibility index (Phi) is 3.78. The molecule has 76 valence electrons. The lowest BCUT2D eigenvalue weighted by Crippen LogP contribution is -2.04. The van der Waals surface area contributed by atoms with E-state index in [0.717, 1.165) is 11.1 Å². The SMILES string of the molecule is COC(=O)Cc1cc(Cl)c(C)c(Cl)c1. The summed E-state index contributed by atoms with van der Waals surface area (Å²) in [5.41, 5.74) is 1.58. The van der Waals surface area contributed by atoms with Gasteiger partial charge in [0.15, 0.2) is 0 Å². The van der Waals surface area contributed by atoms with Crippen LogP contribution in [0.1, 0.15) is 11.1 Å². The smallest absolute Gasteiger partial charge is 0.309 e. The molecule has 0 saturated carbocycles. The molecule has 0 spiro atoms. The molecule has 0 radical (unpaired) electrons. The Hall–Kier alpha value is -0.730. The number of halogens is 2. The predicted molar refractivity (Wildman–Crippen MR) is 56.9 cm³/mol. The number of esters is 1. The second-order valence-corrected chi connectivity index (χ2v) is 3.75. The number of ether oxygens (including phenoxy) is 1. The Bertz CT molecular complexity index is 338. The summed E-state index contributed by atoms with van der Waals surface area (Å²) >= 11 is 11.8. The van der Waals surface area contributed by atoms with E-state index < -0.39 is 0 Å². The van der Waals surface area contributed by atoms with E-state index in [-0.39, 0.29) is 12.4 Å². The lowest BCUT2D eigenvalue weighted by Gasteiger charge is -2.05. The van der Waals surface area contributed by atoms with Crippen LogP contribution in [0, 0.1) is 6.92 Å². The highest BCUT2D eigenvalue weighted by Gasteiger charge is 2.07. The summed E-state index contributed by atoms with van der Waals surface area (Å²) < 4.78 is 4.54. The first-order valence-corrected chi connectivity index (χ1v) is 4.81. The first kappa shape index (κ1) is 11.3. The molecule has 0 atom stereocenters. The predicted octanol–water partition coefficient (Wildman–Crippen LogP) is 3.02. The zero-order chi connectivity index (χ0) is 10.7. The third kappa shape index (κ3) is 2.63. The summed E-state index contributed by atoms with van der Waals surface area (Å²) in [4.78, 5) is 11.0. The average molecular weight is 233 g/mol. The van der Waals surface area contributed by atoms with Crippen molar-refractivity contribution >= 4 is 29.2 Å². The molecular formula is C10H10Cl2O2. The van der Waals surface area contributed by atoms with Crippen LogP contribution < -0.4 is 0 Å². The van der Waals surface area contributed by atoms with Crippen molar-refractivity contribution < 1.29 is 9.53 Å². The lowest BCUT2D eigenvalue weighted by atomic mass is 10.1. The van der Waals surface area contributed by atoms with Crippen LogP contribution in [0.5, 0.6) is 0 Å². The van der Waals surface area contributed by atoms with Crippen LogP contribution >= 0.6 is 23.2 Å². The molecule has 4 heteroatoms. The maximum absolute atomic E-state index is 11.0. The molecule has 0 heterocycles. The highest BCUT2D eigenvalue weighted by atomic mass is 35.5. The first-order valence-electron chi connectivity index (χ1n) is 4.06. The van der Waals surface area contributed by atoms with E-state index in [1.165, 1.54) is 7.11 Å². The Morgan fingerprint density at radius 1 is 1.36 bits per heavy atom. The zero-order valence-corrected chi connectivity index (χ0v) is 9.45. The fraction of sp³-hybridized carbons (Fsp3) is 0.300. The second kappa shape index (κ2) is 4.67. The van der Waals surface area contributed by atoms with Gasteiger partial charge in [-0.2, -0.15) is 0 Å². The van der Waals surface area contributed by atoms with Crippen molar-refractivity contribution in [3.63, 3.8) is 0 Å². The molecule has 0 aromatic heterocycles. The van der Waals surface area contributed by atoms with Gasteiger partial charge in [-0.3, -0.25) is 4.79 Å². The van der Waals surface area contributed by atoms with Crippen molar-refractivity contribution in [2.75, 3.05) is 7.11 Å². The Morgan fingerprint density at radius 3 is 2.29 bits per heavy atom. The van der Waals surface area contributed by atoms with Crippen LogP contribution in [0.15, 0.2) is 12.1 Å². The maximum atomic E-state index is 11.0. The molecule has 0 amide bonds. The lowest BCUT2D eigenvalue weighted by molar-refractivity contribution is -0.139. The molecule has 1 rings (SSSR count). The summed E-state index contributed by atoms with van der Waals surface area (Å²) in [6.07, 6.45) is 0.191. The molecule has 0 saturated heterocycles. The van der Waals surface area contributed by atoms with Crippen LogP contribution in [0.3, 0.4) is 0 Å². The minimum Gasteiger partial charge on any atom is -0.469 e. The standard InChI is InChI=1S/C10H10Cl2O2/c1-6-8(11)3-7(4-9(6)12)5-10(13)14-2/h3-4H,5H2,1-2H3. The summed E-state index contributed by atoms with van der Waals surface area (Å²) in [7, 11) is 1.35. The van der Waals surface area contributed by atoms with Gasteiger partial charge >= 0.3 is 5.97 Å². The van der Waals surface area contributed by atoms with Crippen LogP contribution in [-0.4, -0.2) is 13.1 Å². The number of benzene rings is 1. The van der Waals surface area contributed by atoms with Gasteiger partial charge in [0.25, 0.3) is 0 Å². The number of methoxy groups -OCH3 is 1. The van der Waals surface area contributed by atoms with Gasteiger partial charge in [-0.25, -0.2) is 0 Å². The van der Waals surface area contributed by atoms with Crippen LogP contribution in [-0.2, 0) is 16.0 Å². The molecule has 14 heavy (non-hydrogen) atoms. The average Bonchev–Trinajstić information content (AvgIpc) is 2.14. The topological polar surface area (TPSA) is 26.3 Å². The zero-order valence-electron chi connectivity index (χ0n) is 7.93. The van der Waals surface area contributed by atoms with Gasteiger partial charge in [-0.1, -0.05) is 23.2 Å². The van der Waals surface area contributed by atoms with Gasteiger partial charge < -0.3 is 4.74 Å². The largest absolute Gasteiger partial charge is 0.469 e. The second-order valence-electron chi connectivity index (χ2n) is 2.94. The number of carbonyl (C=O) groups is 1. The molecule has 0 aliphatic carbocycles. The molecule has 1 aromatic rings. The summed E-state index contributed by atoms with van der Waals surface area (Å²) in [6.45, 7) is 1.83. The summed E-state index contributed by atoms with van der Waals surface area (Å²) in [5, 5.41) is 1.13. The van der Waals surface area contributed by atoms with E-state index in [1.54, 1.807) is 12.1 Å². The molecular weight excluding hydrogens is 223 g/mol. The monoisotopic (exact) mass is 232 g/mol. The fourth-order valence-electron chi connectivity index (χ4n) is 1.04. The maximum Gasteiger partial charge on any atom is 0.309 e. The number of rotatable bonds is 2. The van der Waals surface area contributed by atoms with Crippen molar-refractivity contribution in [1.29, 1.82) is 0 Å².